The van der Waals surface area contributed by atoms with E-state index in [0.29, 0.717) is 5.69 Å². The van der Waals surface area contributed by atoms with E-state index in [1.165, 1.54) is 0 Å². The third-order valence-electron chi connectivity index (χ3n) is 5.61. The molecule has 1 aliphatic heterocycles. The minimum Gasteiger partial charge on any atom is -0.361 e. The number of pyridine rings is 1. The Kier molecular flexibility index (Phi) is 4.19. The molecule has 0 spiro atoms. The molecule has 29 heavy (non-hydrogen) atoms. The molecule has 6 nitrogen and oxygen atoms in total. The first-order valence-corrected chi connectivity index (χ1v) is 9.93. The zero-order valence-corrected chi connectivity index (χ0v) is 16.6. The fourth-order valence-electron chi connectivity index (χ4n) is 4.19. The second-order valence-corrected chi connectivity index (χ2v) is 7.73. The van der Waals surface area contributed by atoms with Crippen LogP contribution in [-0.4, -0.2) is 45.8 Å². The molecule has 0 aliphatic carbocycles. The van der Waals surface area contributed by atoms with Crippen LogP contribution in [0.3, 0.4) is 0 Å². The predicted octanol–water partition coefficient (Wildman–Crippen LogP) is 3.93. The first kappa shape index (κ1) is 17.7. The van der Waals surface area contributed by atoms with Gasteiger partial charge in [0.25, 0.3) is 5.91 Å². The molecule has 1 aliphatic rings. The maximum Gasteiger partial charge on any atom is 0.273 e. The van der Waals surface area contributed by atoms with Crippen molar-refractivity contribution in [2.75, 3.05) is 25.5 Å². The van der Waals surface area contributed by atoms with Crippen molar-refractivity contribution in [2.24, 2.45) is 0 Å². The number of likely N-dealkylation sites (tertiary alicyclic amines) is 1. The molecule has 6 heteroatoms. The molecule has 5 rings (SSSR count). The Morgan fingerprint density at radius 1 is 1.07 bits per heavy atom. The summed E-state index contributed by atoms with van der Waals surface area (Å²) in [5.41, 5.74) is 3.32. The predicted molar refractivity (Wildman–Crippen MR) is 114 cm³/mol. The average molecular weight is 385 g/mol. The van der Waals surface area contributed by atoms with Crippen molar-refractivity contribution in [3.63, 3.8) is 0 Å². The Morgan fingerprint density at radius 3 is 2.79 bits per heavy atom. The van der Waals surface area contributed by atoms with Crippen molar-refractivity contribution in [3.8, 4) is 0 Å². The van der Waals surface area contributed by atoms with Gasteiger partial charge in [-0.05, 0) is 37.1 Å². The largest absolute Gasteiger partial charge is 0.361 e. The number of carbonyl (C=O) groups excluding carboxylic acids is 1. The molecular weight excluding hydrogens is 362 g/mol. The van der Waals surface area contributed by atoms with Crippen molar-refractivity contribution < 1.29 is 4.79 Å². The van der Waals surface area contributed by atoms with E-state index in [1.807, 2.05) is 78.8 Å². The van der Waals surface area contributed by atoms with Crippen molar-refractivity contribution in [3.05, 3.63) is 72.3 Å². The van der Waals surface area contributed by atoms with Gasteiger partial charge < -0.3 is 14.2 Å². The van der Waals surface area contributed by atoms with Gasteiger partial charge in [0.2, 0.25) is 0 Å². The molecule has 0 saturated carbocycles. The number of nitrogens with zero attached hydrogens (tertiary/aromatic N) is 5. The van der Waals surface area contributed by atoms with Crippen molar-refractivity contribution >= 4 is 28.1 Å². The van der Waals surface area contributed by atoms with Gasteiger partial charge in [0.1, 0.15) is 5.69 Å². The van der Waals surface area contributed by atoms with Crippen LogP contribution in [0, 0.1) is 0 Å². The lowest BCUT2D eigenvalue weighted by Gasteiger charge is -2.25. The summed E-state index contributed by atoms with van der Waals surface area (Å²) in [5.74, 6) is 0.884. The molecular formula is C23H23N5O. The fourth-order valence-corrected chi connectivity index (χ4v) is 4.19. The van der Waals surface area contributed by atoms with E-state index in [0.717, 1.165) is 47.3 Å². The summed E-state index contributed by atoms with van der Waals surface area (Å²) < 4.78 is 2.09. The minimum absolute atomic E-state index is 0.0286. The van der Waals surface area contributed by atoms with Crippen molar-refractivity contribution in [1.29, 1.82) is 0 Å². The Balaban J connectivity index is 1.52. The van der Waals surface area contributed by atoms with E-state index >= 15 is 0 Å². The van der Waals surface area contributed by atoms with Gasteiger partial charge in [0, 0.05) is 38.4 Å². The Morgan fingerprint density at radius 2 is 1.93 bits per heavy atom. The van der Waals surface area contributed by atoms with Gasteiger partial charge in [-0.3, -0.25) is 4.79 Å². The highest BCUT2D eigenvalue weighted by Gasteiger charge is 2.33. The van der Waals surface area contributed by atoms with Gasteiger partial charge in [-0.15, -0.1) is 0 Å². The summed E-state index contributed by atoms with van der Waals surface area (Å²) in [5, 5.41) is 1.04. The lowest BCUT2D eigenvalue weighted by atomic mass is 10.1. The summed E-state index contributed by atoms with van der Waals surface area (Å²) in [7, 11) is 3.99. The van der Waals surface area contributed by atoms with E-state index < -0.39 is 0 Å². The normalized spacial score (nSPS) is 16.6. The Hall–Kier alpha value is -3.41. The number of carbonyl (C=O) groups is 1. The maximum atomic E-state index is 13.3. The van der Waals surface area contributed by atoms with Crippen LogP contribution in [-0.2, 0) is 0 Å². The highest BCUT2D eigenvalue weighted by Crippen LogP contribution is 2.34. The number of benzene rings is 1. The zero-order valence-electron chi connectivity index (χ0n) is 16.6. The highest BCUT2D eigenvalue weighted by atomic mass is 16.2. The quantitative estimate of drug-likeness (QED) is 0.536. The van der Waals surface area contributed by atoms with E-state index in [9.17, 15) is 4.79 Å². The standard InChI is InChI=1S/C23H23N5O/c1-26(2)22-21-10-5-13-27(21)15-19(25-22)20-9-6-14-28(20)23(29)18-12-11-16-7-3-4-8-17(16)24-18/h3-5,7-8,10-13,15,20H,6,9,14H2,1-2H3. The number of para-hydroxylation sites is 1. The van der Waals surface area contributed by atoms with E-state index in [4.69, 9.17) is 4.98 Å². The summed E-state index contributed by atoms with van der Waals surface area (Å²) in [6, 6.07) is 15.7. The zero-order chi connectivity index (χ0) is 20.0. The van der Waals surface area contributed by atoms with Crippen LogP contribution >= 0.6 is 0 Å². The molecule has 0 radical (unpaired) electrons. The van der Waals surface area contributed by atoms with Gasteiger partial charge in [0.15, 0.2) is 5.82 Å². The molecule has 4 heterocycles. The van der Waals surface area contributed by atoms with Gasteiger partial charge in [-0.25, -0.2) is 9.97 Å². The molecule has 1 amide bonds. The lowest BCUT2D eigenvalue weighted by Crippen LogP contribution is -2.32. The van der Waals surface area contributed by atoms with Crippen LogP contribution < -0.4 is 4.90 Å². The second-order valence-electron chi connectivity index (χ2n) is 7.73. The molecule has 0 bridgehead atoms. The van der Waals surface area contributed by atoms with Crippen LogP contribution in [0.4, 0.5) is 5.82 Å². The molecule has 1 fully saturated rings. The second kappa shape index (κ2) is 6.88. The fraction of sp³-hybridized carbons (Fsp3) is 0.261. The highest BCUT2D eigenvalue weighted by molar-refractivity contribution is 5.95. The van der Waals surface area contributed by atoms with Crippen LogP contribution in [0.25, 0.3) is 16.4 Å². The third kappa shape index (κ3) is 3.01. The Labute approximate surface area is 169 Å². The van der Waals surface area contributed by atoms with Crippen LogP contribution in [0.2, 0.25) is 0 Å². The molecule has 3 aromatic heterocycles. The molecule has 1 unspecified atom stereocenters. The smallest absolute Gasteiger partial charge is 0.273 e. The van der Waals surface area contributed by atoms with Gasteiger partial charge in [0.05, 0.1) is 22.8 Å². The van der Waals surface area contributed by atoms with Gasteiger partial charge in [-0.1, -0.05) is 24.3 Å². The first-order valence-electron chi connectivity index (χ1n) is 9.93. The lowest BCUT2D eigenvalue weighted by molar-refractivity contribution is 0.0727. The summed E-state index contributed by atoms with van der Waals surface area (Å²) in [4.78, 5) is 26.8. The topological polar surface area (TPSA) is 53.7 Å². The summed E-state index contributed by atoms with van der Waals surface area (Å²) in [6.45, 7) is 0.723. The van der Waals surface area contributed by atoms with Gasteiger partial charge >= 0.3 is 0 Å². The van der Waals surface area contributed by atoms with Crippen molar-refractivity contribution in [2.45, 2.75) is 18.9 Å². The van der Waals surface area contributed by atoms with E-state index in [2.05, 4.69) is 15.5 Å². The average Bonchev–Trinajstić information content (AvgIpc) is 3.41. The number of hydrogen-bond donors (Lipinski definition) is 0. The third-order valence-corrected chi connectivity index (χ3v) is 5.61. The molecule has 1 aromatic carbocycles. The number of aromatic nitrogens is 3. The minimum atomic E-state index is -0.0405. The molecule has 0 N–H and O–H groups in total. The van der Waals surface area contributed by atoms with Crippen molar-refractivity contribution in [1.82, 2.24) is 19.3 Å². The maximum absolute atomic E-state index is 13.3. The number of anilines is 1. The summed E-state index contributed by atoms with van der Waals surface area (Å²) >= 11 is 0. The summed E-state index contributed by atoms with van der Waals surface area (Å²) in [6.07, 6.45) is 5.95. The van der Waals surface area contributed by atoms with Crippen LogP contribution in [0.15, 0.2) is 60.9 Å². The number of hydrogen-bond acceptors (Lipinski definition) is 4. The van der Waals surface area contributed by atoms with E-state index in [-0.39, 0.29) is 11.9 Å². The molecule has 146 valence electrons. The monoisotopic (exact) mass is 385 g/mol. The molecule has 1 atom stereocenters. The SMILES string of the molecule is CN(C)c1nc(C2CCCN2C(=O)c2ccc3ccccc3n2)cn2cccc12. The number of amides is 1. The first-order chi connectivity index (χ1) is 14.1. The van der Waals surface area contributed by atoms with Gasteiger partial charge in [-0.2, -0.15) is 0 Å². The number of fused-ring (bicyclic) bond motifs is 2. The van der Waals surface area contributed by atoms with Crippen LogP contribution in [0.1, 0.15) is 35.1 Å². The molecule has 4 aromatic rings. The molecule has 1 saturated heterocycles. The Bertz CT molecular complexity index is 1210. The van der Waals surface area contributed by atoms with E-state index in [1.54, 1.807) is 0 Å². The number of rotatable bonds is 3. The van der Waals surface area contributed by atoms with Crippen LogP contribution in [0.5, 0.6) is 0 Å².